The number of rotatable bonds is 2. The molecule has 1 aliphatic heterocycles. The number of ether oxygens (including phenoxy) is 2. The van der Waals surface area contributed by atoms with Crippen molar-refractivity contribution < 1.29 is 9.47 Å². The minimum absolute atomic E-state index is 0.365. The summed E-state index contributed by atoms with van der Waals surface area (Å²) in [6.07, 6.45) is -0.392. The van der Waals surface area contributed by atoms with Crippen LogP contribution in [0.1, 0.15) is 23.0 Å². The molecule has 0 aromatic heterocycles. The Bertz CT molecular complexity index is 567. The predicted molar refractivity (Wildman–Crippen MR) is 75.6 cm³/mol. The first-order chi connectivity index (χ1) is 9.28. The second-order valence-electron chi connectivity index (χ2n) is 4.36. The van der Waals surface area contributed by atoms with Crippen LogP contribution in [0.5, 0.6) is 5.75 Å². The minimum atomic E-state index is -0.392. The summed E-state index contributed by atoms with van der Waals surface area (Å²) in [4.78, 5) is 0. The van der Waals surface area contributed by atoms with Crippen LogP contribution < -0.4 is 4.74 Å². The van der Waals surface area contributed by atoms with E-state index in [9.17, 15) is 0 Å². The van der Waals surface area contributed by atoms with E-state index in [0.717, 1.165) is 22.4 Å². The van der Waals surface area contributed by atoms with Crippen molar-refractivity contribution in [2.24, 2.45) is 0 Å². The maximum atomic E-state index is 6.04. The lowest BCUT2D eigenvalue weighted by atomic mass is 10.1. The third-order valence-corrected chi connectivity index (χ3v) is 3.54. The van der Waals surface area contributed by atoms with Gasteiger partial charge in [-0.2, -0.15) is 0 Å². The van der Waals surface area contributed by atoms with E-state index < -0.39 is 6.29 Å². The molecule has 0 fully saturated rings. The zero-order chi connectivity index (χ0) is 13.2. The van der Waals surface area contributed by atoms with Gasteiger partial charge in [0.05, 0.1) is 12.5 Å². The summed E-state index contributed by atoms with van der Waals surface area (Å²) in [7, 11) is 0. The number of fused-ring (bicyclic) bond motifs is 1. The molecule has 1 heterocycles. The van der Waals surface area contributed by atoms with Crippen molar-refractivity contribution in [2.75, 3.05) is 0 Å². The molecule has 0 saturated carbocycles. The molecule has 19 heavy (non-hydrogen) atoms. The molecule has 0 spiro atoms. The fourth-order valence-corrected chi connectivity index (χ4v) is 2.61. The summed E-state index contributed by atoms with van der Waals surface area (Å²) in [6, 6.07) is 13.5. The third-order valence-electron chi connectivity index (χ3n) is 3.04. The summed E-state index contributed by atoms with van der Waals surface area (Å²) in [5.74, 6) is 1.16. The Labute approximate surface area is 121 Å². The Morgan fingerprint density at radius 1 is 1.16 bits per heavy atom. The van der Waals surface area contributed by atoms with Crippen molar-refractivity contribution in [3.63, 3.8) is 0 Å². The van der Waals surface area contributed by atoms with Crippen LogP contribution in [0.25, 0.3) is 0 Å². The van der Waals surface area contributed by atoms with Crippen LogP contribution in [0.4, 0.5) is 0 Å². The number of halogens is 2. The van der Waals surface area contributed by atoms with Gasteiger partial charge in [-0.3, -0.25) is 0 Å². The highest BCUT2D eigenvalue weighted by Crippen LogP contribution is 2.38. The number of benzene rings is 2. The Kier molecular flexibility index (Phi) is 3.65. The van der Waals surface area contributed by atoms with Gasteiger partial charge in [0, 0.05) is 21.7 Å². The zero-order valence-corrected chi connectivity index (χ0v) is 11.6. The summed E-state index contributed by atoms with van der Waals surface area (Å²) in [5.41, 5.74) is 2.83. The van der Waals surface area contributed by atoms with Crippen molar-refractivity contribution in [3.05, 3.63) is 64.2 Å². The van der Waals surface area contributed by atoms with Crippen molar-refractivity contribution in [2.45, 2.75) is 18.8 Å². The molecule has 1 atom stereocenters. The van der Waals surface area contributed by atoms with Gasteiger partial charge >= 0.3 is 0 Å². The van der Waals surface area contributed by atoms with Gasteiger partial charge in [0.25, 0.3) is 0 Å². The normalized spacial score (nSPS) is 17.7. The van der Waals surface area contributed by atoms with Crippen molar-refractivity contribution in [1.29, 1.82) is 0 Å². The topological polar surface area (TPSA) is 18.5 Å². The van der Waals surface area contributed by atoms with Gasteiger partial charge in [-0.15, -0.1) is 11.6 Å². The second-order valence-corrected chi connectivity index (χ2v) is 5.06. The van der Waals surface area contributed by atoms with Crippen LogP contribution in [-0.2, 0) is 17.2 Å². The zero-order valence-electron chi connectivity index (χ0n) is 10.1. The highest BCUT2D eigenvalue weighted by Gasteiger charge is 2.24. The predicted octanol–water partition coefficient (Wildman–Crippen LogP) is 4.69. The molecule has 0 N–H and O–H groups in total. The van der Waals surface area contributed by atoms with E-state index in [1.165, 1.54) is 0 Å². The van der Waals surface area contributed by atoms with Crippen LogP contribution in [0.15, 0.2) is 42.5 Å². The lowest BCUT2D eigenvalue weighted by molar-refractivity contribution is -0.111. The van der Waals surface area contributed by atoms with E-state index in [1.54, 1.807) is 0 Å². The first kappa shape index (κ1) is 12.8. The summed E-state index contributed by atoms with van der Waals surface area (Å²) < 4.78 is 11.7. The highest BCUT2D eigenvalue weighted by atomic mass is 35.5. The van der Waals surface area contributed by atoms with Gasteiger partial charge in [0.1, 0.15) is 5.75 Å². The Balaban J connectivity index is 1.95. The quantitative estimate of drug-likeness (QED) is 0.748. The molecule has 98 valence electrons. The van der Waals surface area contributed by atoms with Gasteiger partial charge in [0.15, 0.2) is 0 Å². The van der Waals surface area contributed by atoms with E-state index in [0.29, 0.717) is 17.5 Å². The Morgan fingerprint density at radius 2 is 1.95 bits per heavy atom. The third kappa shape index (κ3) is 2.57. The van der Waals surface area contributed by atoms with Gasteiger partial charge in [-0.1, -0.05) is 41.9 Å². The van der Waals surface area contributed by atoms with E-state index in [1.807, 2.05) is 42.5 Å². The van der Waals surface area contributed by atoms with Crippen LogP contribution in [0.3, 0.4) is 0 Å². The fraction of sp³-hybridized carbons (Fsp3) is 0.200. The van der Waals surface area contributed by atoms with Gasteiger partial charge < -0.3 is 9.47 Å². The molecule has 0 bridgehead atoms. The average molecular weight is 295 g/mol. The van der Waals surface area contributed by atoms with E-state index in [4.69, 9.17) is 32.7 Å². The number of hydrogen-bond acceptors (Lipinski definition) is 2. The smallest absolute Gasteiger partial charge is 0.227 e. The molecule has 3 rings (SSSR count). The van der Waals surface area contributed by atoms with Gasteiger partial charge in [0.2, 0.25) is 6.29 Å². The average Bonchev–Trinajstić information content (AvgIpc) is 2.46. The molecule has 0 unspecified atom stereocenters. The van der Waals surface area contributed by atoms with Crippen molar-refractivity contribution in [3.8, 4) is 5.75 Å². The van der Waals surface area contributed by atoms with Crippen LogP contribution >= 0.6 is 23.2 Å². The monoisotopic (exact) mass is 294 g/mol. The van der Waals surface area contributed by atoms with Crippen LogP contribution in [0, 0.1) is 0 Å². The molecule has 0 saturated heterocycles. The van der Waals surface area contributed by atoms with Gasteiger partial charge in [-0.05, 0) is 12.1 Å². The summed E-state index contributed by atoms with van der Waals surface area (Å²) >= 11 is 12.0. The lowest BCUT2D eigenvalue weighted by Gasteiger charge is -2.28. The molecule has 2 nitrogen and oxygen atoms in total. The molecule has 2 aromatic carbocycles. The molecule has 2 aromatic rings. The van der Waals surface area contributed by atoms with E-state index >= 15 is 0 Å². The maximum Gasteiger partial charge on any atom is 0.227 e. The standard InChI is InChI=1S/C15H12Cl2O2/c16-8-11-6-13(17)7-12-9-18-15(19-14(11)12)10-4-2-1-3-5-10/h1-7,15H,8-9H2/t15-/m0/s1. The van der Waals surface area contributed by atoms with Crippen molar-refractivity contribution >= 4 is 23.2 Å². The fourth-order valence-electron chi connectivity index (χ4n) is 2.15. The molecular weight excluding hydrogens is 283 g/mol. The summed E-state index contributed by atoms with van der Waals surface area (Å²) in [6.45, 7) is 0.472. The lowest BCUT2D eigenvalue weighted by Crippen LogP contribution is -2.18. The van der Waals surface area contributed by atoms with Crippen molar-refractivity contribution in [1.82, 2.24) is 0 Å². The van der Waals surface area contributed by atoms with E-state index in [2.05, 4.69) is 0 Å². The highest BCUT2D eigenvalue weighted by molar-refractivity contribution is 6.31. The number of alkyl halides is 1. The molecule has 4 heteroatoms. The minimum Gasteiger partial charge on any atom is -0.460 e. The largest absolute Gasteiger partial charge is 0.460 e. The Morgan fingerprint density at radius 3 is 2.68 bits per heavy atom. The van der Waals surface area contributed by atoms with Crippen LogP contribution in [-0.4, -0.2) is 0 Å². The summed E-state index contributed by atoms with van der Waals surface area (Å²) in [5, 5.41) is 0.653. The first-order valence-electron chi connectivity index (χ1n) is 5.98. The maximum absolute atomic E-state index is 6.04. The van der Waals surface area contributed by atoms with Gasteiger partial charge in [-0.25, -0.2) is 0 Å². The van der Waals surface area contributed by atoms with Crippen LogP contribution in [0.2, 0.25) is 5.02 Å². The molecule has 1 aliphatic rings. The molecule has 0 aliphatic carbocycles. The molecule has 0 amide bonds. The number of hydrogen-bond donors (Lipinski definition) is 0. The van der Waals surface area contributed by atoms with E-state index in [-0.39, 0.29) is 0 Å². The molecule has 0 radical (unpaired) electrons. The molecular formula is C15H12Cl2O2. The Hall–Kier alpha value is -1.22. The first-order valence-corrected chi connectivity index (χ1v) is 6.89. The second kappa shape index (κ2) is 5.41. The SMILES string of the molecule is ClCc1cc(Cl)cc2c1O[C@@H](c1ccccc1)OC2.